The van der Waals surface area contributed by atoms with E-state index in [9.17, 15) is 0 Å². The molecule has 0 unspecified atom stereocenters. The Balaban J connectivity index is 2.82. The van der Waals surface area contributed by atoms with E-state index in [-0.39, 0.29) is 6.61 Å². The Bertz CT molecular complexity index is 93.6. The summed E-state index contributed by atoms with van der Waals surface area (Å²) >= 11 is 1.81. The number of hydrogen-bond acceptors (Lipinski definition) is 5. The van der Waals surface area contributed by atoms with E-state index in [2.05, 4.69) is 11.6 Å². The van der Waals surface area contributed by atoms with Crippen LogP contribution in [0.5, 0.6) is 0 Å². The number of ether oxygens (including phenoxy) is 1. The third-order valence-corrected chi connectivity index (χ3v) is 1.93. The molecule has 0 aliphatic carbocycles. The molecule has 0 saturated carbocycles. The summed E-state index contributed by atoms with van der Waals surface area (Å²) in [4.78, 5) is 0. The number of hydrogen-bond donors (Lipinski definition) is 2. The van der Waals surface area contributed by atoms with Gasteiger partial charge in [-0.3, -0.25) is 0 Å². The molecule has 0 spiro atoms. The van der Waals surface area contributed by atoms with Gasteiger partial charge in [0.05, 0.1) is 19.8 Å². The predicted octanol–water partition coefficient (Wildman–Crippen LogP) is -0.258. The average Bonchev–Trinajstić information content (AvgIpc) is 2.02. The van der Waals surface area contributed by atoms with Gasteiger partial charge in [-0.15, -0.1) is 0 Å². The lowest BCUT2D eigenvalue weighted by atomic mass is 10.3. The fraction of sp³-hybridized carbons (Fsp3) is 1.00. The largest absolute Gasteiger partial charge is 0.633 e. The molecule has 0 amide bonds. The van der Waals surface area contributed by atoms with Crippen LogP contribution in [0.2, 0.25) is 0 Å². The van der Waals surface area contributed by atoms with Crippen LogP contribution in [0, 0.1) is 0 Å². The fourth-order valence-electron chi connectivity index (χ4n) is 0.577. The van der Waals surface area contributed by atoms with Crippen LogP contribution in [0.1, 0.15) is 6.92 Å². The van der Waals surface area contributed by atoms with E-state index in [4.69, 9.17) is 14.8 Å². The molecule has 0 atom stereocenters. The Hall–Kier alpha value is 0.255. The first-order chi connectivity index (χ1) is 5.77. The minimum Gasteiger partial charge on any atom is -0.402 e. The molecule has 0 radical (unpaired) electrons. The lowest BCUT2D eigenvalue weighted by Crippen LogP contribution is -2.20. The first-order valence-corrected chi connectivity index (χ1v) is 5.06. The molecule has 0 bridgehead atoms. The molecule has 0 aromatic heterocycles. The Kier molecular flexibility index (Phi) is 9.54. The molecule has 72 valence electrons. The van der Waals surface area contributed by atoms with Gasteiger partial charge < -0.3 is 19.4 Å². The van der Waals surface area contributed by atoms with Gasteiger partial charge in [-0.2, -0.15) is 11.8 Å². The Morgan fingerprint density at radius 2 is 2.00 bits per heavy atom. The first-order valence-electron chi connectivity index (χ1n) is 3.90. The quantitative estimate of drug-likeness (QED) is 0.412. The molecule has 0 heterocycles. The highest BCUT2D eigenvalue weighted by Gasteiger charge is 2.06. The lowest BCUT2D eigenvalue weighted by Gasteiger charge is -2.03. The van der Waals surface area contributed by atoms with Crippen molar-refractivity contribution >= 4 is 19.1 Å². The van der Waals surface area contributed by atoms with Crippen molar-refractivity contribution in [3.8, 4) is 0 Å². The average molecular weight is 194 g/mol. The summed E-state index contributed by atoms with van der Waals surface area (Å²) in [6.07, 6.45) is 0. The van der Waals surface area contributed by atoms with E-state index in [0.717, 1.165) is 11.5 Å². The van der Waals surface area contributed by atoms with Gasteiger partial charge in [0.2, 0.25) is 0 Å². The van der Waals surface area contributed by atoms with Crippen molar-refractivity contribution in [2.75, 3.05) is 31.3 Å². The van der Waals surface area contributed by atoms with Crippen LogP contribution in [0.25, 0.3) is 0 Å². The van der Waals surface area contributed by atoms with E-state index < -0.39 is 7.32 Å². The maximum atomic E-state index is 8.27. The summed E-state index contributed by atoms with van der Waals surface area (Å²) in [7, 11) is -1.68. The molecular weight excluding hydrogens is 179 g/mol. The van der Waals surface area contributed by atoms with Crippen LogP contribution in [-0.2, 0) is 9.39 Å². The van der Waals surface area contributed by atoms with E-state index in [0.29, 0.717) is 13.2 Å². The molecule has 0 aromatic carbocycles. The molecule has 0 fully saturated rings. The minimum absolute atomic E-state index is 0.217. The SMILES string of the molecule is CCSCCOCCOB(O)O. The molecule has 0 saturated heterocycles. The van der Waals surface area contributed by atoms with E-state index >= 15 is 0 Å². The molecular formula is C6H15BO4S. The van der Waals surface area contributed by atoms with Gasteiger partial charge in [0, 0.05) is 5.75 Å². The highest BCUT2D eigenvalue weighted by molar-refractivity contribution is 7.99. The van der Waals surface area contributed by atoms with Crippen LogP contribution in [0.3, 0.4) is 0 Å². The van der Waals surface area contributed by atoms with Crippen molar-refractivity contribution in [3.05, 3.63) is 0 Å². The van der Waals surface area contributed by atoms with Gasteiger partial charge in [0.15, 0.2) is 0 Å². The van der Waals surface area contributed by atoms with Crippen LogP contribution in [0.4, 0.5) is 0 Å². The van der Waals surface area contributed by atoms with E-state index in [1.54, 1.807) is 0 Å². The van der Waals surface area contributed by atoms with Crippen molar-refractivity contribution in [1.82, 2.24) is 0 Å². The molecule has 0 rings (SSSR count). The summed E-state index contributed by atoms with van der Waals surface area (Å²) in [5, 5.41) is 16.5. The Morgan fingerprint density at radius 1 is 1.25 bits per heavy atom. The Morgan fingerprint density at radius 3 is 2.58 bits per heavy atom. The molecule has 6 heteroatoms. The Labute approximate surface area is 77.4 Å². The summed E-state index contributed by atoms with van der Waals surface area (Å²) < 4.78 is 9.55. The van der Waals surface area contributed by atoms with Crippen molar-refractivity contribution < 1.29 is 19.4 Å². The second-order valence-corrected chi connectivity index (χ2v) is 3.40. The van der Waals surface area contributed by atoms with Crippen molar-refractivity contribution in [2.45, 2.75) is 6.92 Å². The molecule has 4 nitrogen and oxygen atoms in total. The molecule has 0 aromatic rings. The van der Waals surface area contributed by atoms with Crippen molar-refractivity contribution in [1.29, 1.82) is 0 Å². The van der Waals surface area contributed by atoms with Gasteiger partial charge in [-0.05, 0) is 5.75 Å². The maximum absolute atomic E-state index is 8.27. The van der Waals surface area contributed by atoms with Crippen LogP contribution >= 0.6 is 11.8 Å². The standard InChI is InChI=1S/C6H15BO4S/c1-2-12-6-5-10-3-4-11-7(8)9/h8-9H,2-6H2,1H3. The highest BCUT2D eigenvalue weighted by Crippen LogP contribution is 1.96. The molecule has 0 aliphatic rings. The second-order valence-electron chi connectivity index (χ2n) is 2.01. The zero-order valence-electron chi connectivity index (χ0n) is 7.23. The van der Waals surface area contributed by atoms with Gasteiger partial charge >= 0.3 is 7.32 Å². The zero-order chi connectivity index (χ0) is 9.23. The third kappa shape index (κ3) is 10.3. The summed E-state index contributed by atoms with van der Waals surface area (Å²) in [5.41, 5.74) is 0. The summed E-state index contributed by atoms with van der Waals surface area (Å²) in [6, 6.07) is 0. The predicted molar refractivity (Wildman–Crippen MR) is 50.0 cm³/mol. The first kappa shape index (κ1) is 12.3. The third-order valence-electron chi connectivity index (χ3n) is 1.07. The fourth-order valence-corrected chi connectivity index (χ4v) is 1.10. The van der Waals surface area contributed by atoms with Crippen LogP contribution in [0.15, 0.2) is 0 Å². The summed E-state index contributed by atoms with van der Waals surface area (Å²) in [5.74, 6) is 2.06. The minimum atomic E-state index is -1.68. The van der Waals surface area contributed by atoms with E-state index in [1.807, 2.05) is 11.8 Å². The number of rotatable bonds is 8. The van der Waals surface area contributed by atoms with E-state index in [1.165, 1.54) is 0 Å². The lowest BCUT2D eigenvalue weighted by molar-refractivity contribution is 0.0879. The van der Waals surface area contributed by atoms with Gasteiger partial charge in [0.25, 0.3) is 0 Å². The smallest absolute Gasteiger partial charge is 0.402 e. The van der Waals surface area contributed by atoms with Crippen molar-refractivity contribution in [3.63, 3.8) is 0 Å². The second kappa shape index (κ2) is 9.34. The zero-order valence-corrected chi connectivity index (χ0v) is 8.05. The van der Waals surface area contributed by atoms with Crippen LogP contribution in [-0.4, -0.2) is 48.7 Å². The molecule has 0 aliphatic heterocycles. The summed E-state index contributed by atoms with van der Waals surface area (Å²) in [6.45, 7) is 3.40. The van der Waals surface area contributed by atoms with Gasteiger partial charge in [0.1, 0.15) is 0 Å². The number of thioether (sulfide) groups is 1. The maximum Gasteiger partial charge on any atom is 0.633 e. The molecule has 12 heavy (non-hydrogen) atoms. The van der Waals surface area contributed by atoms with Crippen molar-refractivity contribution in [2.24, 2.45) is 0 Å². The monoisotopic (exact) mass is 194 g/mol. The topological polar surface area (TPSA) is 58.9 Å². The highest BCUT2D eigenvalue weighted by atomic mass is 32.2. The molecule has 2 N–H and O–H groups in total. The van der Waals surface area contributed by atoms with Crippen LogP contribution < -0.4 is 0 Å². The van der Waals surface area contributed by atoms with Gasteiger partial charge in [-0.25, -0.2) is 0 Å². The van der Waals surface area contributed by atoms with Gasteiger partial charge in [-0.1, -0.05) is 6.92 Å². The normalized spacial score (nSPS) is 10.2.